The zero-order valence-corrected chi connectivity index (χ0v) is 16.4. The highest BCUT2D eigenvalue weighted by molar-refractivity contribution is 5.98. The predicted molar refractivity (Wildman–Crippen MR) is 110 cm³/mol. The van der Waals surface area contributed by atoms with Gasteiger partial charge in [-0.1, -0.05) is 0 Å². The van der Waals surface area contributed by atoms with Crippen LogP contribution in [0.4, 0.5) is 11.5 Å². The molecule has 9 heteroatoms. The first kappa shape index (κ1) is 20.3. The number of hydrogen-bond donors (Lipinski definition) is 2. The Kier molecular flexibility index (Phi) is 6.08. The number of aromatic amines is 1. The Hall–Kier alpha value is -3.46. The van der Waals surface area contributed by atoms with Crippen molar-refractivity contribution < 1.29 is 14.4 Å². The maximum atomic E-state index is 12.3. The Labute approximate surface area is 166 Å². The van der Waals surface area contributed by atoms with E-state index in [1.54, 1.807) is 19.2 Å². The smallest absolute Gasteiger partial charge is 0.281 e. The number of aryl methyl sites for hydroxylation is 2. The first-order valence-electron chi connectivity index (χ1n) is 9.03. The van der Waals surface area contributed by atoms with Crippen LogP contribution in [0.1, 0.15) is 16.8 Å². The number of ether oxygens (including phenoxy) is 2. The summed E-state index contributed by atoms with van der Waals surface area (Å²) in [6.07, 6.45) is 1.50. The number of nitrogens with zero attached hydrogens (tertiary/aromatic N) is 2. The molecule has 0 bridgehead atoms. The number of benzene rings is 1. The van der Waals surface area contributed by atoms with Crippen molar-refractivity contribution in [2.24, 2.45) is 0 Å². The standard InChI is InChI=1S/C20H22N4O5/c1-12-8-13(2)23-20(25)17(12)11-22-19-16-9-14(29-7-6-28-3)10-18(24(26)27)15(16)4-5-21-19/h4-5,8-10H,6-7,11H2,1-3H3,(H,21,22)(H,23,25). The molecule has 0 amide bonds. The number of aromatic nitrogens is 2. The number of non-ortho nitro benzene ring substituents is 1. The highest BCUT2D eigenvalue weighted by Crippen LogP contribution is 2.34. The van der Waals surface area contributed by atoms with Crippen molar-refractivity contribution in [2.45, 2.75) is 20.4 Å². The van der Waals surface area contributed by atoms with E-state index in [0.29, 0.717) is 34.5 Å². The Bertz CT molecular complexity index is 1110. The van der Waals surface area contributed by atoms with Crippen LogP contribution < -0.4 is 15.6 Å². The summed E-state index contributed by atoms with van der Waals surface area (Å²) in [6.45, 7) is 4.54. The molecule has 1 aromatic carbocycles. The van der Waals surface area contributed by atoms with Crippen LogP contribution in [-0.2, 0) is 11.3 Å². The maximum Gasteiger partial charge on any atom is 0.281 e. The number of nitrogens with one attached hydrogen (secondary N) is 2. The third-order valence-electron chi connectivity index (χ3n) is 4.51. The minimum atomic E-state index is -0.454. The van der Waals surface area contributed by atoms with E-state index in [9.17, 15) is 14.9 Å². The summed E-state index contributed by atoms with van der Waals surface area (Å²) in [5.41, 5.74) is 1.97. The molecule has 0 saturated heterocycles. The van der Waals surface area contributed by atoms with Crippen molar-refractivity contribution in [1.82, 2.24) is 9.97 Å². The fraction of sp³-hybridized carbons (Fsp3) is 0.300. The minimum Gasteiger partial charge on any atom is -0.491 e. The topological polar surface area (TPSA) is 119 Å². The molecule has 0 radical (unpaired) electrons. The number of nitro benzene ring substituents is 1. The molecular weight excluding hydrogens is 376 g/mol. The van der Waals surface area contributed by atoms with Crippen LogP contribution in [-0.4, -0.2) is 35.2 Å². The second kappa shape index (κ2) is 8.70. The Morgan fingerprint density at radius 2 is 2.00 bits per heavy atom. The number of hydrogen-bond acceptors (Lipinski definition) is 7. The van der Waals surface area contributed by atoms with E-state index in [4.69, 9.17) is 9.47 Å². The second-order valence-corrected chi connectivity index (χ2v) is 6.59. The summed E-state index contributed by atoms with van der Waals surface area (Å²) in [5, 5.41) is 15.6. The van der Waals surface area contributed by atoms with Gasteiger partial charge in [-0.25, -0.2) is 4.98 Å². The second-order valence-electron chi connectivity index (χ2n) is 6.59. The van der Waals surface area contributed by atoms with Crippen LogP contribution in [0, 0.1) is 24.0 Å². The minimum absolute atomic E-state index is 0.0790. The molecule has 0 saturated carbocycles. The number of H-pyrrole nitrogens is 1. The lowest BCUT2D eigenvalue weighted by Gasteiger charge is -2.12. The van der Waals surface area contributed by atoms with Crippen molar-refractivity contribution in [3.05, 3.63) is 67.8 Å². The van der Waals surface area contributed by atoms with Gasteiger partial charge >= 0.3 is 0 Å². The van der Waals surface area contributed by atoms with Crippen LogP contribution >= 0.6 is 0 Å². The van der Waals surface area contributed by atoms with Crippen LogP contribution in [0.2, 0.25) is 0 Å². The molecule has 29 heavy (non-hydrogen) atoms. The van der Waals surface area contributed by atoms with Crippen LogP contribution in [0.25, 0.3) is 10.8 Å². The highest BCUT2D eigenvalue weighted by Gasteiger charge is 2.17. The zero-order valence-electron chi connectivity index (χ0n) is 16.4. The third-order valence-corrected chi connectivity index (χ3v) is 4.51. The van der Waals surface area contributed by atoms with Gasteiger partial charge in [-0.3, -0.25) is 14.9 Å². The lowest BCUT2D eigenvalue weighted by atomic mass is 10.1. The van der Waals surface area contributed by atoms with E-state index in [0.717, 1.165) is 11.3 Å². The molecule has 0 aliphatic rings. The van der Waals surface area contributed by atoms with Crippen molar-refractivity contribution in [2.75, 3.05) is 25.6 Å². The van der Waals surface area contributed by atoms with Gasteiger partial charge in [0.15, 0.2) is 0 Å². The summed E-state index contributed by atoms with van der Waals surface area (Å²) in [4.78, 5) is 30.4. The number of methoxy groups -OCH3 is 1. The number of nitro groups is 1. The summed E-state index contributed by atoms with van der Waals surface area (Å²) >= 11 is 0. The highest BCUT2D eigenvalue weighted by atomic mass is 16.6. The van der Waals surface area contributed by atoms with Gasteiger partial charge < -0.3 is 19.8 Å². The first-order valence-corrected chi connectivity index (χ1v) is 9.03. The van der Waals surface area contributed by atoms with E-state index < -0.39 is 4.92 Å². The molecule has 152 valence electrons. The lowest BCUT2D eigenvalue weighted by molar-refractivity contribution is -0.383. The van der Waals surface area contributed by atoms with Crippen molar-refractivity contribution in [1.29, 1.82) is 0 Å². The molecule has 3 rings (SSSR count). The average Bonchev–Trinajstić information content (AvgIpc) is 2.67. The predicted octanol–water partition coefficient (Wildman–Crippen LogP) is 3.09. The largest absolute Gasteiger partial charge is 0.491 e. The molecule has 2 aromatic heterocycles. The molecular formula is C20H22N4O5. The molecule has 0 aliphatic carbocycles. The van der Waals surface area contributed by atoms with Gasteiger partial charge in [0.2, 0.25) is 0 Å². The fourth-order valence-electron chi connectivity index (χ4n) is 3.13. The van der Waals surface area contributed by atoms with E-state index in [2.05, 4.69) is 15.3 Å². The number of fused-ring (bicyclic) bond motifs is 1. The Morgan fingerprint density at radius 3 is 2.69 bits per heavy atom. The van der Waals surface area contributed by atoms with Gasteiger partial charge in [-0.2, -0.15) is 0 Å². The summed E-state index contributed by atoms with van der Waals surface area (Å²) in [7, 11) is 1.55. The molecule has 2 N–H and O–H groups in total. The SMILES string of the molecule is COCCOc1cc([N+](=O)[O-])c2ccnc(NCc3c(C)cc(C)[nH]c3=O)c2c1. The molecule has 2 heterocycles. The van der Waals surface area contributed by atoms with Crippen molar-refractivity contribution >= 4 is 22.3 Å². The molecule has 0 atom stereocenters. The van der Waals surface area contributed by atoms with Gasteiger partial charge in [0.1, 0.15) is 18.2 Å². The molecule has 9 nitrogen and oxygen atoms in total. The van der Waals surface area contributed by atoms with E-state index >= 15 is 0 Å². The third kappa shape index (κ3) is 4.52. The average molecular weight is 398 g/mol. The van der Waals surface area contributed by atoms with Crippen LogP contribution in [0.5, 0.6) is 5.75 Å². The Morgan fingerprint density at radius 1 is 1.21 bits per heavy atom. The number of pyridine rings is 2. The summed E-state index contributed by atoms with van der Waals surface area (Å²) in [6, 6.07) is 6.55. The lowest BCUT2D eigenvalue weighted by Crippen LogP contribution is -2.18. The van der Waals surface area contributed by atoms with E-state index in [-0.39, 0.29) is 24.4 Å². The molecule has 3 aromatic rings. The first-order chi connectivity index (χ1) is 13.9. The Balaban J connectivity index is 1.99. The van der Waals surface area contributed by atoms with Gasteiger partial charge in [-0.05, 0) is 37.6 Å². The molecule has 0 spiro atoms. The quantitative estimate of drug-likeness (QED) is 0.340. The van der Waals surface area contributed by atoms with E-state index in [1.165, 1.54) is 12.3 Å². The normalized spacial score (nSPS) is 10.9. The monoisotopic (exact) mass is 398 g/mol. The molecule has 0 unspecified atom stereocenters. The molecule has 0 aliphatic heterocycles. The number of rotatable bonds is 8. The van der Waals surface area contributed by atoms with Gasteiger partial charge in [-0.15, -0.1) is 0 Å². The van der Waals surface area contributed by atoms with Gasteiger partial charge in [0.25, 0.3) is 11.2 Å². The van der Waals surface area contributed by atoms with Crippen molar-refractivity contribution in [3.8, 4) is 5.75 Å². The van der Waals surface area contributed by atoms with Gasteiger partial charge in [0, 0.05) is 36.5 Å². The summed E-state index contributed by atoms with van der Waals surface area (Å²) < 4.78 is 10.5. The fourth-order valence-corrected chi connectivity index (χ4v) is 3.13. The van der Waals surface area contributed by atoms with Crippen molar-refractivity contribution in [3.63, 3.8) is 0 Å². The zero-order chi connectivity index (χ0) is 21.0. The van der Waals surface area contributed by atoms with Crippen LogP contribution in [0.15, 0.2) is 35.3 Å². The van der Waals surface area contributed by atoms with E-state index in [1.807, 2.05) is 19.9 Å². The number of anilines is 1. The maximum absolute atomic E-state index is 12.3. The van der Waals surface area contributed by atoms with Crippen LogP contribution in [0.3, 0.4) is 0 Å². The van der Waals surface area contributed by atoms with Gasteiger partial charge in [0.05, 0.1) is 23.0 Å². The summed E-state index contributed by atoms with van der Waals surface area (Å²) in [5.74, 6) is 0.781. The molecule has 0 fully saturated rings.